The van der Waals surface area contributed by atoms with Gasteiger partial charge in [0.1, 0.15) is 11.6 Å². The number of benzene rings is 2. The zero-order valence-corrected chi connectivity index (χ0v) is 20.7. The third-order valence-corrected chi connectivity index (χ3v) is 7.43. The predicted molar refractivity (Wildman–Crippen MR) is 133 cm³/mol. The van der Waals surface area contributed by atoms with E-state index in [0.717, 1.165) is 49.9 Å². The number of rotatable bonds is 7. The number of amides is 2. The van der Waals surface area contributed by atoms with Gasteiger partial charge in [-0.3, -0.25) is 14.5 Å². The molecule has 2 aromatic rings. The summed E-state index contributed by atoms with van der Waals surface area (Å²) in [7, 11) is 0. The van der Waals surface area contributed by atoms with Gasteiger partial charge in [-0.25, -0.2) is 8.78 Å². The molecule has 1 unspecified atom stereocenters. The first-order valence-corrected chi connectivity index (χ1v) is 12.7. The molecule has 1 aliphatic heterocycles. The smallest absolute Gasteiger partial charge is 0.226 e. The summed E-state index contributed by atoms with van der Waals surface area (Å²) >= 11 is 0. The summed E-state index contributed by atoms with van der Waals surface area (Å²) in [4.78, 5) is 29.7. The number of carbonyl (C=O) groups is 2. The van der Waals surface area contributed by atoms with Crippen LogP contribution in [0.4, 0.5) is 14.5 Å². The molecule has 1 saturated heterocycles. The normalized spacial score (nSPS) is 19.2. The first-order chi connectivity index (χ1) is 16.8. The van der Waals surface area contributed by atoms with Crippen molar-refractivity contribution < 1.29 is 18.4 Å². The van der Waals surface area contributed by atoms with Gasteiger partial charge in [0.05, 0.1) is 0 Å². The summed E-state index contributed by atoms with van der Waals surface area (Å²) in [6, 6.07) is 9.36. The van der Waals surface area contributed by atoms with Crippen LogP contribution in [0.25, 0.3) is 0 Å². The zero-order valence-electron chi connectivity index (χ0n) is 20.7. The zero-order chi connectivity index (χ0) is 24.9. The molecule has 7 heteroatoms. The van der Waals surface area contributed by atoms with Gasteiger partial charge in [-0.2, -0.15) is 0 Å². The second kappa shape index (κ2) is 11.3. The van der Waals surface area contributed by atoms with E-state index in [2.05, 4.69) is 17.1 Å². The highest BCUT2D eigenvalue weighted by molar-refractivity contribution is 5.91. The molecule has 2 fully saturated rings. The number of anilines is 1. The van der Waals surface area contributed by atoms with Crippen molar-refractivity contribution in [3.63, 3.8) is 0 Å². The van der Waals surface area contributed by atoms with Gasteiger partial charge in [-0.15, -0.1) is 0 Å². The first-order valence-electron chi connectivity index (χ1n) is 12.7. The van der Waals surface area contributed by atoms with Gasteiger partial charge in [0, 0.05) is 50.2 Å². The van der Waals surface area contributed by atoms with Crippen LogP contribution in [0.15, 0.2) is 36.4 Å². The Labute approximate surface area is 206 Å². The highest BCUT2D eigenvalue weighted by Gasteiger charge is 2.33. The van der Waals surface area contributed by atoms with E-state index in [1.165, 1.54) is 18.2 Å². The van der Waals surface area contributed by atoms with Crippen molar-refractivity contribution in [3.8, 4) is 0 Å². The Morgan fingerprint density at radius 3 is 2.51 bits per heavy atom. The third-order valence-electron chi connectivity index (χ3n) is 7.43. The van der Waals surface area contributed by atoms with E-state index in [4.69, 9.17) is 0 Å². The van der Waals surface area contributed by atoms with E-state index >= 15 is 0 Å². The minimum atomic E-state index is -0.405. The van der Waals surface area contributed by atoms with Crippen molar-refractivity contribution in [2.45, 2.75) is 65.0 Å². The maximum absolute atomic E-state index is 14.5. The van der Waals surface area contributed by atoms with Gasteiger partial charge in [0.15, 0.2) is 0 Å². The van der Waals surface area contributed by atoms with Gasteiger partial charge in [-0.05, 0) is 68.0 Å². The number of hydrogen-bond acceptors (Lipinski definition) is 3. The Morgan fingerprint density at radius 2 is 1.80 bits per heavy atom. The van der Waals surface area contributed by atoms with Crippen LogP contribution >= 0.6 is 0 Å². The van der Waals surface area contributed by atoms with Crippen LogP contribution in [-0.2, 0) is 22.6 Å². The lowest BCUT2D eigenvalue weighted by atomic mass is 10.0. The SMILES string of the molecule is Cc1c(CN2CCN(C(=O)C3CCCC3)C(C)C2)cc(F)cc1NC(=O)CCc1ccccc1F. The summed E-state index contributed by atoms with van der Waals surface area (Å²) < 4.78 is 28.3. The minimum Gasteiger partial charge on any atom is -0.337 e. The summed E-state index contributed by atoms with van der Waals surface area (Å²) in [5.41, 5.74) is 2.57. The van der Waals surface area contributed by atoms with Crippen LogP contribution in [0.2, 0.25) is 0 Å². The molecule has 2 amide bonds. The molecule has 5 nitrogen and oxygen atoms in total. The topological polar surface area (TPSA) is 52.6 Å². The molecule has 1 saturated carbocycles. The van der Waals surface area contributed by atoms with Gasteiger partial charge in [-0.1, -0.05) is 31.0 Å². The van der Waals surface area contributed by atoms with Crippen LogP contribution < -0.4 is 5.32 Å². The molecule has 1 aliphatic carbocycles. The largest absolute Gasteiger partial charge is 0.337 e. The van der Waals surface area contributed by atoms with Crippen LogP contribution in [0.3, 0.4) is 0 Å². The molecule has 4 rings (SSSR count). The van der Waals surface area contributed by atoms with E-state index < -0.39 is 5.82 Å². The summed E-state index contributed by atoms with van der Waals surface area (Å²) in [5, 5.41) is 2.81. The summed E-state index contributed by atoms with van der Waals surface area (Å²) in [5.74, 6) is -0.543. The van der Waals surface area contributed by atoms with Crippen molar-refractivity contribution in [1.82, 2.24) is 9.80 Å². The van der Waals surface area contributed by atoms with E-state index in [1.807, 2.05) is 11.8 Å². The number of nitrogens with zero attached hydrogens (tertiary/aromatic N) is 2. The van der Waals surface area contributed by atoms with Gasteiger partial charge < -0.3 is 10.2 Å². The lowest BCUT2D eigenvalue weighted by Gasteiger charge is -2.41. The fraction of sp³-hybridized carbons (Fsp3) is 0.500. The number of hydrogen-bond donors (Lipinski definition) is 1. The Kier molecular flexibility index (Phi) is 8.16. The number of nitrogens with one attached hydrogen (secondary N) is 1. The van der Waals surface area contributed by atoms with Crippen LogP contribution in [0, 0.1) is 24.5 Å². The van der Waals surface area contributed by atoms with Crippen molar-refractivity contribution in [2.24, 2.45) is 5.92 Å². The van der Waals surface area contributed by atoms with Crippen LogP contribution in [0.1, 0.15) is 55.7 Å². The average Bonchev–Trinajstić information content (AvgIpc) is 3.36. The van der Waals surface area contributed by atoms with Crippen molar-refractivity contribution >= 4 is 17.5 Å². The summed E-state index contributed by atoms with van der Waals surface area (Å²) in [6.45, 7) is 6.67. The van der Waals surface area contributed by atoms with Gasteiger partial charge >= 0.3 is 0 Å². The molecule has 1 atom stereocenters. The molecule has 0 aromatic heterocycles. The molecule has 188 valence electrons. The molecule has 1 heterocycles. The van der Waals surface area contributed by atoms with Gasteiger partial charge in [0.2, 0.25) is 11.8 Å². The van der Waals surface area contributed by atoms with Crippen LogP contribution in [-0.4, -0.2) is 47.3 Å². The molecule has 0 spiro atoms. The molecule has 0 bridgehead atoms. The average molecular weight is 484 g/mol. The number of aryl methyl sites for hydroxylation is 1. The fourth-order valence-electron chi connectivity index (χ4n) is 5.34. The van der Waals surface area contributed by atoms with E-state index in [0.29, 0.717) is 24.3 Å². The first kappa shape index (κ1) is 25.3. The number of carbonyl (C=O) groups excluding carboxylic acids is 2. The monoisotopic (exact) mass is 483 g/mol. The Hall–Kier alpha value is -2.80. The third kappa shape index (κ3) is 6.26. The molecule has 1 N–H and O–H groups in total. The maximum Gasteiger partial charge on any atom is 0.226 e. The number of halogens is 2. The van der Waals surface area contributed by atoms with E-state index in [9.17, 15) is 18.4 Å². The lowest BCUT2D eigenvalue weighted by molar-refractivity contribution is -0.140. The Balaban J connectivity index is 1.36. The molecule has 2 aromatic carbocycles. The second-order valence-corrected chi connectivity index (χ2v) is 9.97. The van der Waals surface area contributed by atoms with Crippen LogP contribution in [0.5, 0.6) is 0 Å². The molecule has 35 heavy (non-hydrogen) atoms. The van der Waals surface area contributed by atoms with Gasteiger partial charge in [0.25, 0.3) is 0 Å². The maximum atomic E-state index is 14.5. The van der Waals surface area contributed by atoms with E-state index in [-0.39, 0.29) is 42.4 Å². The predicted octanol–water partition coefficient (Wildman–Crippen LogP) is 5.07. The molecule has 0 radical (unpaired) electrons. The minimum absolute atomic E-state index is 0.112. The highest BCUT2D eigenvalue weighted by Crippen LogP contribution is 2.29. The highest BCUT2D eigenvalue weighted by atomic mass is 19.1. The Morgan fingerprint density at radius 1 is 1.06 bits per heavy atom. The summed E-state index contributed by atoms with van der Waals surface area (Å²) in [6.07, 6.45) is 4.69. The van der Waals surface area contributed by atoms with E-state index in [1.54, 1.807) is 18.2 Å². The standard InChI is InChI=1S/C28H35F2N3O2/c1-19-17-32(13-14-33(19)28(35)22-8-3-4-9-22)18-23-15-24(29)16-26(20(23)2)31-27(34)12-11-21-7-5-6-10-25(21)30/h5-7,10,15-16,19,22H,3-4,8-9,11-14,17-18H2,1-2H3,(H,31,34). The quantitative estimate of drug-likeness (QED) is 0.599. The molecular weight excluding hydrogens is 448 g/mol. The molecular formula is C28H35F2N3O2. The van der Waals surface area contributed by atoms with Crippen molar-refractivity contribution in [1.29, 1.82) is 0 Å². The van der Waals surface area contributed by atoms with Crippen molar-refractivity contribution in [2.75, 3.05) is 25.0 Å². The molecule has 2 aliphatic rings. The van der Waals surface area contributed by atoms with Crippen molar-refractivity contribution in [3.05, 3.63) is 64.7 Å². The Bertz CT molecular complexity index is 1070. The number of piperazine rings is 1. The second-order valence-electron chi connectivity index (χ2n) is 9.97. The lowest BCUT2D eigenvalue weighted by Crippen LogP contribution is -2.54. The fourth-order valence-corrected chi connectivity index (χ4v) is 5.34.